The fourth-order valence-corrected chi connectivity index (χ4v) is 2.36. The quantitative estimate of drug-likeness (QED) is 0.642. The lowest BCUT2D eigenvalue weighted by atomic mass is 10.3. The summed E-state index contributed by atoms with van der Waals surface area (Å²) >= 11 is 0.766. The molecule has 1 heterocycles. The number of thiophene rings is 1. The first-order valence-electron chi connectivity index (χ1n) is 5.26. The van der Waals surface area contributed by atoms with E-state index in [2.05, 4.69) is 0 Å². The van der Waals surface area contributed by atoms with Crippen LogP contribution in [0.1, 0.15) is 22.5 Å². The van der Waals surface area contributed by atoms with Gasteiger partial charge < -0.3 is 10.0 Å². The van der Waals surface area contributed by atoms with Crippen molar-refractivity contribution < 1.29 is 19.6 Å². The van der Waals surface area contributed by atoms with Crippen LogP contribution in [0.3, 0.4) is 0 Å². The molecule has 1 aliphatic rings. The largest absolute Gasteiger partial charge is 0.480 e. The molecule has 2 rings (SSSR count). The summed E-state index contributed by atoms with van der Waals surface area (Å²) < 4.78 is 0. The number of rotatable bonds is 5. The predicted molar refractivity (Wildman–Crippen MR) is 62.7 cm³/mol. The molecule has 1 aromatic rings. The van der Waals surface area contributed by atoms with Crippen LogP contribution in [-0.2, 0) is 4.79 Å². The lowest BCUT2D eigenvalue weighted by Gasteiger charge is -2.18. The molecule has 18 heavy (non-hydrogen) atoms. The molecule has 8 heteroatoms. The maximum absolute atomic E-state index is 12.0. The van der Waals surface area contributed by atoms with Crippen LogP contribution in [0.5, 0.6) is 0 Å². The summed E-state index contributed by atoms with van der Waals surface area (Å²) in [6.45, 7) is -0.366. The van der Waals surface area contributed by atoms with Crippen LogP contribution in [0.2, 0.25) is 0 Å². The topological polar surface area (TPSA) is 101 Å². The molecule has 0 aromatic carbocycles. The second kappa shape index (κ2) is 4.73. The first kappa shape index (κ1) is 12.5. The summed E-state index contributed by atoms with van der Waals surface area (Å²) in [5.41, 5.74) is 0. The van der Waals surface area contributed by atoms with E-state index in [9.17, 15) is 19.7 Å². The van der Waals surface area contributed by atoms with Crippen LogP contribution in [0, 0.1) is 10.1 Å². The minimum absolute atomic E-state index is 0.0465. The molecule has 0 spiro atoms. The Morgan fingerprint density at radius 1 is 1.50 bits per heavy atom. The standard InChI is InChI=1S/C10H10N2O5S/c13-9(14)5-11(6-1-2-6)10(15)7-3-4-8(18-7)12(16)17/h3-4,6H,1-2,5H2,(H,13,14). The molecular formula is C10H10N2O5S. The Labute approximate surface area is 106 Å². The monoisotopic (exact) mass is 270 g/mol. The minimum Gasteiger partial charge on any atom is -0.480 e. The van der Waals surface area contributed by atoms with Gasteiger partial charge in [0.15, 0.2) is 0 Å². The first-order valence-corrected chi connectivity index (χ1v) is 6.07. The molecule has 1 fully saturated rings. The molecule has 96 valence electrons. The number of carbonyl (C=O) groups excluding carboxylic acids is 1. The van der Waals surface area contributed by atoms with Gasteiger partial charge in [0.2, 0.25) is 0 Å². The van der Waals surface area contributed by atoms with Crippen LogP contribution in [-0.4, -0.2) is 39.4 Å². The normalized spacial score (nSPS) is 14.2. The Kier molecular flexibility index (Phi) is 3.28. The average Bonchev–Trinajstić information content (AvgIpc) is 3.00. The molecule has 1 N–H and O–H groups in total. The molecular weight excluding hydrogens is 260 g/mol. The van der Waals surface area contributed by atoms with Crippen LogP contribution in [0.4, 0.5) is 5.00 Å². The zero-order valence-corrected chi connectivity index (χ0v) is 10.1. The highest BCUT2D eigenvalue weighted by atomic mass is 32.1. The van der Waals surface area contributed by atoms with Crippen LogP contribution in [0.15, 0.2) is 12.1 Å². The van der Waals surface area contributed by atoms with Gasteiger partial charge in [0.1, 0.15) is 6.54 Å². The number of aliphatic carboxylic acids is 1. The van der Waals surface area contributed by atoms with Crippen molar-refractivity contribution in [3.8, 4) is 0 Å². The van der Waals surface area contributed by atoms with Gasteiger partial charge >= 0.3 is 11.0 Å². The zero-order chi connectivity index (χ0) is 13.3. The van der Waals surface area contributed by atoms with E-state index in [1.165, 1.54) is 17.0 Å². The van der Waals surface area contributed by atoms with E-state index in [-0.39, 0.29) is 22.5 Å². The molecule has 1 aliphatic carbocycles. The maximum atomic E-state index is 12.0. The van der Waals surface area contributed by atoms with Gasteiger partial charge in [-0.3, -0.25) is 19.7 Å². The van der Waals surface area contributed by atoms with Crippen molar-refractivity contribution in [1.82, 2.24) is 4.90 Å². The Balaban J connectivity index is 2.16. The van der Waals surface area contributed by atoms with Crippen LogP contribution in [0.25, 0.3) is 0 Å². The van der Waals surface area contributed by atoms with E-state index in [1.807, 2.05) is 0 Å². The summed E-state index contributed by atoms with van der Waals surface area (Å²) in [6.07, 6.45) is 1.57. The molecule has 0 aliphatic heterocycles. The van der Waals surface area contributed by atoms with Crippen molar-refractivity contribution >= 4 is 28.2 Å². The van der Waals surface area contributed by atoms with Crippen LogP contribution >= 0.6 is 11.3 Å². The van der Waals surface area contributed by atoms with Gasteiger partial charge in [-0.05, 0) is 18.9 Å². The van der Waals surface area contributed by atoms with Gasteiger partial charge in [-0.1, -0.05) is 11.3 Å². The lowest BCUT2D eigenvalue weighted by molar-refractivity contribution is -0.380. The van der Waals surface area contributed by atoms with Gasteiger partial charge in [-0.2, -0.15) is 0 Å². The summed E-state index contributed by atoms with van der Waals surface area (Å²) in [6, 6.07) is 2.57. The number of hydrogen-bond acceptors (Lipinski definition) is 5. The van der Waals surface area contributed by atoms with Crippen molar-refractivity contribution in [2.45, 2.75) is 18.9 Å². The number of nitro groups is 1. The Bertz CT molecular complexity index is 508. The highest BCUT2D eigenvalue weighted by Gasteiger charge is 2.35. The lowest BCUT2D eigenvalue weighted by Crippen LogP contribution is -2.37. The number of amides is 1. The van der Waals surface area contributed by atoms with Gasteiger partial charge in [0.05, 0.1) is 9.80 Å². The number of carboxylic acid groups (broad SMARTS) is 1. The fourth-order valence-electron chi connectivity index (χ4n) is 1.58. The molecule has 0 bridgehead atoms. The number of nitrogens with zero attached hydrogens (tertiary/aromatic N) is 2. The second-order valence-corrected chi connectivity index (χ2v) is 5.02. The number of hydrogen-bond donors (Lipinski definition) is 1. The molecule has 7 nitrogen and oxygen atoms in total. The smallest absolute Gasteiger partial charge is 0.324 e. The van der Waals surface area contributed by atoms with Gasteiger partial charge in [-0.15, -0.1) is 0 Å². The number of carbonyl (C=O) groups is 2. The fraction of sp³-hybridized carbons (Fsp3) is 0.400. The van der Waals surface area contributed by atoms with E-state index in [0.717, 1.165) is 24.2 Å². The van der Waals surface area contributed by atoms with Crippen molar-refractivity contribution in [2.75, 3.05) is 6.54 Å². The second-order valence-electron chi connectivity index (χ2n) is 3.95. The van der Waals surface area contributed by atoms with Crippen molar-refractivity contribution in [3.05, 3.63) is 27.1 Å². The summed E-state index contributed by atoms with van der Waals surface area (Å²) in [5.74, 6) is -1.53. The predicted octanol–water partition coefficient (Wildman–Crippen LogP) is 1.35. The van der Waals surface area contributed by atoms with Crippen LogP contribution < -0.4 is 0 Å². The molecule has 1 aromatic heterocycles. The average molecular weight is 270 g/mol. The third-order valence-electron chi connectivity index (χ3n) is 2.54. The zero-order valence-electron chi connectivity index (χ0n) is 9.24. The summed E-state index contributed by atoms with van der Waals surface area (Å²) in [5, 5.41) is 19.2. The number of carboxylic acids is 1. The maximum Gasteiger partial charge on any atom is 0.324 e. The summed E-state index contributed by atoms with van der Waals surface area (Å²) in [4.78, 5) is 34.2. The van der Waals surface area contributed by atoms with Gasteiger partial charge in [0, 0.05) is 12.1 Å². The van der Waals surface area contributed by atoms with E-state index in [0.29, 0.717) is 0 Å². The Hall–Kier alpha value is -1.96. The molecule has 1 amide bonds. The highest BCUT2D eigenvalue weighted by molar-refractivity contribution is 7.17. The van der Waals surface area contributed by atoms with Crippen molar-refractivity contribution in [2.24, 2.45) is 0 Å². The van der Waals surface area contributed by atoms with E-state index in [1.54, 1.807) is 0 Å². The van der Waals surface area contributed by atoms with Gasteiger partial charge in [0.25, 0.3) is 5.91 Å². The molecule has 0 unspecified atom stereocenters. The third kappa shape index (κ3) is 2.65. The van der Waals surface area contributed by atoms with E-state index in [4.69, 9.17) is 5.11 Å². The Morgan fingerprint density at radius 3 is 2.61 bits per heavy atom. The Morgan fingerprint density at radius 2 is 2.17 bits per heavy atom. The molecule has 1 saturated carbocycles. The highest BCUT2D eigenvalue weighted by Crippen LogP contribution is 2.31. The van der Waals surface area contributed by atoms with E-state index >= 15 is 0 Å². The molecule has 0 saturated heterocycles. The SMILES string of the molecule is O=C(O)CN(C(=O)c1ccc([N+](=O)[O-])s1)C1CC1. The molecule has 0 atom stereocenters. The molecule has 0 radical (unpaired) electrons. The third-order valence-corrected chi connectivity index (χ3v) is 3.56. The van der Waals surface area contributed by atoms with Crippen molar-refractivity contribution in [3.63, 3.8) is 0 Å². The summed E-state index contributed by atoms with van der Waals surface area (Å²) in [7, 11) is 0. The van der Waals surface area contributed by atoms with E-state index < -0.39 is 16.8 Å². The first-order chi connectivity index (χ1) is 8.49. The minimum atomic E-state index is -1.08. The van der Waals surface area contributed by atoms with Gasteiger partial charge in [-0.25, -0.2) is 0 Å². The van der Waals surface area contributed by atoms with Crippen molar-refractivity contribution in [1.29, 1.82) is 0 Å².